The van der Waals surface area contributed by atoms with Gasteiger partial charge in [0.1, 0.15) is 18.3 Å². The summed E-state index contributed by atoms with van der Waals surface area (Å²) in [5, 5.41) is 9.75. The van der Waals surface area contributed by atoms with Gasteiger partial charge < -0.3 is 19.3 Å². The van der Waals surface area contributed by atoms with Gasteiger partial charge in [0.05, 0.1) is 0 Å². The van der Waals surface area contributed by atoms with E-state index < -0.39 is 24.0 Å². The summed E-state index contributed by atoms with van der Waals surface area (Å²) in [6.45, 7) is 5.73. The van der Waals surface area contributed by atoms with Gasteiger partial charge in [-0.1, -0.05) is 25.5 Å². The summed E-state index contributed by atoms with van der Waals surface area (Å²) in [4.78, 5) is 11.9. The molecular formula is C15H24O5. The number of carbonyl (C=O) groups excluding carboxylic acids is 1. The van der Waals surface area contributed by atoms with Crippen LogP contribution in [0, 0.1) is 0 Å². The molecular weight excluding hydrogens is 260 g/mol. The van der Waals surface area contributed by atoms with Crippen molar-refractivity contribution in [2.75, 3.05) is 0 Å². The third kappa shape index (κ3) is 3.59. The molecule has 0 aromatic carbocycles. The molecule has 0 aromatic heterocycles. The maximum absolute atomic E-state index is 11.9. The van der Waals surface area contributed by atoms with E-state index in [0.29, 0.717) is 19.3 Å². The Morgan fingerprint density at radius 2 is 2.15 bits per heavy atom. The lowest BCUT2D eigenvalue weighted by Crippen LogP contribution is -2.40. The fraction of sp³-hybridized carbons (Fsp3) is 0.800. The normalized spacial score (nSPS) is 38.9. The van der Waals surface area contributed by atoms with Crippen molar-refractivity contribution in [1.82, 2.24) is 0 Å². The number of allylic oxidation sites excluding steroid dienone is 1. The Balaban J connectivity index is 2.22. The lowest BCUT2D eigenvalue weighted by Gasteiger charge is -2.27. The van der Waals surface area contributed by atoms with Crippen LogP contribution in [-0.4, -0.2) is 41.3 Å². The standard InChI is InChI=1S/C15H24O5/c1-4-7-11-13-12(19-15(2,3)20-13)9-6-5-8-10(16)14(17)18-11/h6,9-13,16H,4-5,7-8H2,1-3H3/b9-6+/t10-,11+,12+,13+/m0/s1. The van der Waals surface area contributed by atoms with Crippen molar-refractivity contribution in [1.29, 1.82) is 0 Å². The highest BCUT2D eigenvalue weighted by Gasteiger charge is 2.45. The fourth-order valence-corrected chi connectivity index (χ4v) is 2.66. The van der Waals surface area contributed by atoms with Crippen LogP contribution in [0.4, 0.5) is 0 Å². The van der Waals surface area contributed by atoms with E-state index >= 15 is 0 Å². The van der Waals surface area contributed by atoms with Crippen LogP contribution in [0.25, 0.3) is 0 Å². The second-order valence-electron chi connectivity index (χ2n) is 5.85. The quantitative estimate of drug-likeness (QED) is 0.620. The number of fused-ring (bicyclic) bond motifs is 1. The number of esters is 1. The molecule has 5 heteroatoms. The second kappa shape index (κ2) is 6.24. The number of cyclic esters (lactones) is 1. The molecule has 4 atom stereocenters. The molecule has 1 saturated heterocycles. The van der Waals surface area contributed by atoms with Crippen LogP contribution in [0.5, 0.6) is 0 Å². The maximum atomic E-state index is 11.9. The van der Waals surface area contributed by atoms with Crippen molar-refractivity contribution >= 4 is 5.97 Å². The highest BCUT2D eigenvalue weighted by atomic mass is 16.8. The van der Waals surface area contributed by atoms with Gasteiger partial charge in [0.15, 0.2) is 11.9 Å². The zero-order chi connectivity index (χ0) is 14.8. The minimum Gasteiger partial charge on any atom is -0.458 e. The third-order valence-electron chi connectivity index (χ3n) is 3.58. The Morgan fingerprint density at radius 1 is 1.40 bits per heavy atom. The molecule has 2 aliphatic rings. The lowest BCUT2D eigenvalue weighted by atomic mass is 10.0. The summed E-state index contributed by atoms with van der Waals surface area (Å²) in [5.74, 6) is -1.25. The molecule has 2 rings (SSSR count). The number of aliphatic hydroxyl groups excluding tert-OH is 1. The number of hydrogen-bond donors (Lipinski definition) is 1. The third-order valence-corrected chi connectivity index (χ3v) is 3.58. The monoisotopic (exact) mass is 284 g/mol. The summed E-state index contributed by atoms with van der Waals surface area (Å²) in [6.07, 6.45) is 4.43. The molecule has 0 radical (unpaired) electrons. The van der Waals surface area contributed by atoms with E-state index in [-0.39, 0.29) is 12.2 Å². The molecule has 0 bridgehead atoms. The fourth-order valence-electron chi connectivity index (χ4n) is 2.66. The van der Waals surface area contributed by atoms with Crippen LogP contribution in [0.2, 0.25) is 0 Å². The Bertz CT molecular complexity index is 376. The van der Waals surface area contributed by atoms with Gasteiger partial charge in [-0.05, 0) is 33.1 Å². The molecule has 1 N–H and O–H groups in total. The topological polar surface area (TPSA) is 65.0 Å². The number of ether oxygens (including phenoxy) is 3. The number of carbonyl (C=O) groups is 1. The molecule has 0 aliphatic carbocycles. The molecule has 114 valence electrons. The van der Waals surface area contributed by atoms with Gasteiger partial charge in [-0.3, -0.25) is 0 Å². The molecule has 0 spiro atoms. The Morgan fingerprint density at radius 3 is 2.85 bits per heavy atom. The smallest absolute Gasteiger partial charge is 0.335 e. The van der Waals surface area contributed by atoms with Gasteiger partial charge in [0.25, 0.3) is 0 Å². The van der Waals surface area contributed by atoms with Gasteiger partial charge in [0.2, 0.25) is 0 Å². The van der Waals surface area contributed by atoms with Gasteiger partial charge in [-0.15, -0.1) is 0 Å². The number of rotatable bonds is 2. The van der Waals surface area contributed by atoms with E-state index in [1.165, 1.54) is 0 Å². The van der Waals surface area contributed by atoms with E-state index in [1.807, 2.05) is 32.9 Å². The van der Waals surface area contributed by atoms with Crippen LogP contribution < -0.4 is 0 Å². The Hall–Kier alpha value is -0.910. The highest BCUT2D eigenvalue weighted by molar-refractivity contribution is 5.74. The average Bonchev–Trinajstić information content (AvgIpc) is 2.68. The highest BCUT2D eigenvalue weighted by Crippen LogP contribution is 2.33. The molecule has 0 amide bonds. The van der Waals surface area contributed by atoms with Gasteiger partial charge >= 0.3 is 5.97 Å². The SMILES string of the molecule is CCC[C@H]1OC(=O)[C@@H](O)CC/C=C/[C@H]2OC(C)(C)O[C@@H]21. The molecule has 1 fully saturated rings. The first-order valence-electron chi connectivity index (χ1n) is 7.34. The van der Waals surface area contributed by atoms with Gasteiger partial charge in [0, 0.05) is 0 Å². The molecule has 2 aliphatic heterocycles. The first kappa shape index (κ1) is 15.5. The minimum absolute atomic E-state index is 0.218. The van der Waals surface area contributed by atoms with Crippen LogP contribution in [0.3, 0.4) is 0 Å². The van der Waals surface area contributed by atoms with Crippen molar-refractivity contribution in [2.45, 2.75) is 76.7 Å². The molecule has 0 unspecified atom stereocenters. The molecule has 5 nitrogen and oxygen atoms in total. The van der Waals surface area contributed by atoms with Crippen molar-refractivity contribution in [3.63, 3.8) is 0 Å². The summed E-state index contributed by atoms with van der Waals surface area (Å²) in [7, 11) is 0. The van der Waals surface area contributed by atoms with Crippen LogP contribution >= 0.6 is 0 Å². The first-order chi connectivity index (χ1) is 9.43. The van der Waals surface area contributed by atoms with E-state index in [9.17, 15) is 9.90 Å². The lowest BCUT2D eigenvalue weighted by molar-refractivity contribution is -0.177. The summed E-state index contributed by atoms with van der Waals surface area (Å²) in [6, 6.07) is 0. The number of aliphatic hydroxyl groups is 1. The first-order valence-corrected chi connectivity index (χ1v) is 7.34. The molecule has 2 heterocycles. The van der Waals surface area contributed by atoms with Gasteiger partial charge in [-0.25, -0.2) is 4.79 Å². The van der Waals surface area contributed by atoms with Crippen molar-refractivity contribution in [3.05, 3.63) is 12.2 Å². The van der Waals surface area contributed by atoms with Gasteiger partial charge in [-0.2, -0.15) is 0 Å². The van der Waals surface area contributed by atoms with E-state index in [1.54, 1.807) is 0 Å². The largest absolute Gasteiger partial charge is 0.458 e. The molecule has 0 aromatic rings. The van der Waals surface area contributed by atoms with E-state index in [4.69, 9.17) is 14.2 Å². The van der Waals surface area contributed by atoms with E-state index in [2.05, 4.69) is 0 Å². The van der Waals surface area contributed by atoms with Crippen molar-refractivity contribution in [3.8, 4) is 0 Å². The summed E-state index contributed by atoms with van der Waals surface area (Å²) < 4.78 is 17.2. The molecule has 20 heavy (non-hydrogen) atoms. The minimum atomic E-state index is -1.06. The van der Waals surface area contributed by atoms with Crippen LogP contribution in [0.15, 0.2) is 12.2 Å². The predicted molar refractivity (Wildman–Crippen MR) is 73.0 cm³/mol. The predicted octanol–water partition coefficient (Wildman–Crippen LogP) is 1.93. The van der Waals surface area contributed by atoms with Crippen LogP contribution in [-0.2, 0) is 19.0 Å². The Kier molecular flexibility index (Phi) is 4.83. The Labute approximate surface area is 119 Å². The summed E-state index contributed by atoms with van der Waals surface area (Å²) in [5.41, 5.74) is 0. The molecule has 0 saturated carbocycles. The average molecular weight is 284 g/mol. The zero-order valence-electron chi connectivity index (χ0n) is 12.4. The zero-order valence-corrected chi connectivity index (χ0v) is 12.4. The van der Waals surface area contributed by atoms with E-state index in [0.717, 1.165) is 6.42 Å². The maximum Gasteiger partial charge on any atom is 0.335 e. The number of hydrogen-bond acceptors (Lipinski definition) is 5. The van der Waals surface area contributed by atoms with Crippen molar-refractivity contribution in [2.24, 2.45) is 0 Å². The summed E-state index contributed by atoms with van der Waals surface area (Å²) >= 11 is 0. The second-order valence-corrected chi connectivity index (χ2v) is 5.85. The van der Waals surface area contributed by atoms with Crippen molar-refractivity contribution < 1.29 is 24.1 Å². The van der Waals surface area contributed by atoms with Crippen LogP contribution in [0.1, 0.15) is 46.5 Å².